The standard InChI is InChI=1S/C31H23NS/c1-20-18-19-28-31(23-13-6-8-17-27(23)33-28)29(20)24-14-9-16-26-30(24)22-12-5-7-15-25(22)32(26)21-10-3-2-4-11-21/h2-20,29H,1H3. The van der Waals surface area contributed by atoms with Crippen molar-refractivity contribution in [2.75, 3.05) is 0 Å². The van der Waals surface area contributed by atoms with Crippen molar-refractivity contribution in [1.29, 1.82) is 0 Å². The summed E-state index contributed by atoms with van der Waals surface area (Å²) in [7, 11) is 0. The number of nitrogens with zero attached hydrogens (tertiary/aromatic N) is 1. The molecule has 0 saturated heterocycles. The molecule has 0 bridgehead atoms. The molecule has 2 aromatic heterocycles. The van der Waals surface area contributed by atoms with Crippen molar-refractivity contribution in [3.8, 4) is 5.69 Å². The van der Waals surface area contributed by atoms with Crippen LogP contribution in [0.15, 0.2) is 103 Å². The normalized spacial score (nSPS) is 17.7. The van der Waals surface area contributed by atoms with E-state index in [1.807, 2.05) is 11.3 Å². The van der Waals surface area contributed by atoms with Gasteiger partial charge in [-0.25, -0.2) is 0 Å². The highest BCUT2D eigenvalue weighted by Gasteiger charge is 2.31. The van der Waals surface area contributed by atoms with Gasteiger partial charge < -0.3 is 4.57 Å². The molecular weight excluding hydrogens is 418 g/mol. The Balaban J connectivity index is 1.59. The maximum absolute atomic E-state index is 2.42. The van der Waals surface area contributed by atoms with Crippen molar-refractivity contribution in [1.82, 2.24) is 4.57 Å². The summed E-state index contributed by atoms with van der Waals surface area (Å²) >= 11 is 1.92. The van der Waals surface area contributed by atoms with Crippen molar-refractivity contribution in [2.45, 2.75) is 12.8 Å². The molecule has 6 aromatic rings. The van der Waals surface area contributed by atoms with Crippen LogP contribution in [0, 0.1) is 5.92 Å². The zero-order chi connectivity index (χ0) is 21.9. The Morgan fingerprint density at radius 2 is 1.42 bits per heavy atom. The lowest BCUT2D eigenvalue weighted by molar-refractivity contribution is 0.629. The Hall–Kier alpha value is -3.62. The van der Waals surface area contributed by atoms with E-state index in [1.165, 1.54) is 53.6 Å². The van der Waals surface area contributed by atoms with Crippen molar-refractivity contribution in [3.63, 3.8) is 0 Å². The molecule has 0 aliphatic heterocycles. The highest BCUT2D eigenvalue weighted by atomic mass is 32.1. The average Bonchev–Trinajstić information content (AvgIpc) is 3.40. The minimum absolute atomic E-state index is 0.333. The summed E-state index contributed by atoms with van der Waals surface area (Å²) in [6.45, 7) is 2.37. The summed E-state index contributed by atoms with van der Waals surface area (Å²) in [6.07, 6.45) is 4.74. The van der Waals surface area contributed by atoms with Crippen LogP contribution in [0.5, 0.6) is 0 Å². The number of hydrogen-bond donors (Lipinski definition) is 0. The molecule has 4 aromatic carbocycles. The van der Waals surface area contributed by atoms with E-state index in [4.69, 9.17) is 0 Å². The van der Waals surface area contributed by atoms with E-state index in [1.54, 1.807) is 0 Å². The van der Waals surface area contributed by atoms with Crippen LogP contribution in [0.25, 0.3) is 43.7 Å². The highest BCUT2D eigenvalue weighted by molar-refractivity contribution is 7.20. The lowest BCUT2D eigenvalue weighted by Gasteiger charge is -2.27. The molecule has 7 rings (SSSR count). The number of aromatic nitrogens is 1. The minimum Gasteiger partial charge on any atom is -0.309 e. The van der Waals surface area contributed by atoms with Crippen LogP contribution < -0.4 is 0 Å². The molecule has 0 fully saturated rings. The Bertz CT molecular complexity index is 1680. The van der Waals surface area contributed by atoms with Gasteiger partial charge in [-0.1, -0.05) is 79.7 Å². The summed E-state index contributed by atoms with van der Waals surface area (Å²) < 4.78 is 3.80. The molecule has 0 radical (unpaired) electrons. The fourth-order valence-electron chi connectivity index (χ4n) is 5.74. The Morgan fingerprint density at radius 3 is 2.30 bits per heavy atom. The summed E-state index contributed by atoms with van der Waals surface area (Å²) in [6, 6.07) is 35.4. The first-order valence-corrected chi connectivity index (χ1v) is 12.4. The maximum atomic E-state index is 2.42. The Labute approximate surface area is 197 Å². The zero-order valence-electron chi connectivity index (χ0n) is 18.4. The van der Waals surface area contributed by atoms with E-state index in [2.05, 4.69) is 121 Å². The molecule has 0 saturated carbocycles. The van der Waals surface area contributed by atoms with Crippen LogP contribution in [-0.2, 0) is 0 Å². The molecule has 0 N–H and O–H groups in total. The molecule has 0 amide bonds. The molecule has 2 unspecified atom stereocenters. The van der Waals surface area contributed by atoms with Crippen LogP contribution in [-0.4, -0.2) is 4.57 Å². The molecule has 2 heterocycles. The van der Waals surface area contributed by atoms with Crippen molar-refractivity contribution >= 4 is 49.3 Å². The number of allylic oxidation sites excluding steroid dienone is 1. The van der Waals surface area contributed by atoms with Gasteiger partial charge in [-0.3, -0.25) is 0 Å². The van der Waals surface area contributed by atoms with E-state index in [-0.39, 0.29) is 0 Å². The average molecular weight is 442 g/mol. The van der Waals surface area contributed by atoms with Gasteiger partial charge in [0.05, 0.1) is 11.0 Å². The van der Waals surface area contributed by atoms with E-state index in [9.17, 15) is 0 Å². The topological polar surface area (TPSA) is 4.93 Å². The number of benzene rings is 4. The quantitative estimate of drug-likeness (QED) is 0.253. The van der Waals surface area contributed by atoms with Gasteiger partial charge >= 0.3 is 0 Å². The van der Waals surface area contributed by atoms with Gasteiger partial charge in [-0.2, -0.15) is 0 Å². The molecule has 158 valence electrons. The number of hydrogen-bond acceptors (Lipinski definition) is 1. The van der Waals surface area contributed by atoms with Gasteiger partial charge in [0.1, 0.15) is 0 Å². The van der Waals surface area contributed by atoms with Crippen LogP contribution in [0.4, 0.5) is 0 Å². The van der Waals surface area contributed by atoms with Crippen LogP contribution in [0.3, 0.4) is 0 Å². The van der Waals surface area contributed by atoms with Gasteiger partial charge in [0, 0.05) is 32.0 Å². The molecular formula is C31H23NS. The number of para-hydroxylation sites is 2. The monoisotopic (exact) mass is 441 g/mol. The van der Waals surface area contributed by atoms with Crippen LogP contribution >= 0.6 is 11.3 Å². The molecule has 2 atom stereocenters. The largest absolute Gasteiger partial charge is 0.309 e. The van der Waals surface area contributed by atoms with Crippen molar-refractivity contribution in [2.24, 2.45) is 5.92 Å². The Kier molecular flexibility index (Phi) is 4.12. The fourth-order valence-corrected chi connectivity index (χ4v) is 6.91. The van der Waals surface area contributed by atoms with E-state index >= 15 is 0 Å². The van der Waals surface area contributed by atoms with Gasteiger partial charge in [0.2, 0.25) is 0 Å². The van der Waals surface area contributed by atoms with Gasteiger partial charge in [0.15, 0.2) is 0 Å². The van der Waals surface area contributed by atoms with Gasteiger partial charge in [-0.05, 0) is 58.8 Å². The first-order chi connectivity index (χ1) is 16.3. The summed E-state index contributed by atoms with van der Waals surface area (Å²) in [5.74, 6) is 0.764. The fraction of sp³-hybridized carbons (Fsp3) is 0.0968. The molecule has 2 heteroatoms. The lowest BCUT2D eigenvalue weighted by Crippen LogP contribution is -2.13. The van der Waals surface area contributed by atoms with Crippen molar-refractivity contribution in [3.05, 3.63) is 119 Å². The summed E-state index contributed by atoms with van der Waals surface area (Å²) in [4.78, 5) is 1.41. The molecule has 0 spiro atoms. The smallest absolute Gasteiger partial charge is 0.0544 e. The molecule has 1 aliphatic rings. The third kappa shape index (κ3) is 2.71. The summed E-state index contributed by atoms with van der Waals surface area (Å²) in [5, 5.41) is 4.11. The van der Waals surface area contributed by atoms with E-state index in [0.717, 1.165) is 0 Å². The minimum atomic E-state index is 0.333. The first kappa shape index (κ1) is 18.9. The second-order valence-corrected chi connectivity index (χ2v) is 10.1. The first-order valence-electron chi connectivity index (χ1n) is 11.6. The SMILES string of the molecule is CC1C=Cc2sc3ccccc3c2C1c1cccc2c1c1ccccc1n2-c1ccccc1. The lowest BCUT2D eigenvalue weighted by atomic mass is 9.76. The van der Waals surface area contributed by atoms with Crippen LogP contribution in [0.2, 0.25) is 0 Å². The van der Waals surface area contributed by atoms with Crippen LogP contribution in [0.1, 0.15) is 28.8 Å². The van der Waals surface area contributed by atoms with E-state index in [0.29, 0.717) is 11.8 Å². The third-order valence-electron chi connectivity index (χ3n) is 7.13. The maximum Gasteiger partial charge on any atom is 0.0544 e. The molecule has 1 nitrogen and oxygen atoms in total. The third-order valence-corrected chi connectivity index (χ3v) is 8.28. The zero-order valence-corrected chi connectivity index (χ0v) is 19.2. The number of rotatable bonds is 2. The number of fused-ring (bicyclic) bond motifs is 6. The Morgan fingerprint density at radius 1 is 0.697 bits per heavy atom. The van der Waals surface area contributed by atoms with Gasteiger partial charge in [-0.15, -0.1) is 11.3 Å². The second-order valence-electron chi connectivity index (χ2n) is 9.00. The van der Waals surface area contributed by atoms with E-state index < -0.39 is 0 Å². The predicted molar refractivity (Wildman–Crippen MR) is 143 cm³/mol. The molecule has 1 aliphatic carbocycles. The second kappa shape index (κ2) is 7.19. The van der Waals surface area contributed by atoms with Gasteiger partial charge in [0.25, 0.3) is 0 Å². The summed E-state index contributed by atoms with van der Waals surface area (Å²) in [5.41, 5.74) is 6.68. The highest BCUT2D eigenvalue weighted by Crippen LogP contribution is 2.49. The number of thiophene rings is 1. The molecule has 33 heavy (non-hydrogen) atoms. The predicted octanol–water partition coefficient (Wildman–Crippen LogP) is 8.79. The van der Waals surface area contributed by atoms with Crippen molar-refractivity contribution < 1.29 is 0 Å².